The average Bonchev–Trinajstić information content (AvgIpc) is 2.37. The fraction of sp³-hybridized carbons (Fsp3) is 0.357. The van der Waals surface area contributed by atoms with E-state index in [1.807, 2.05) is 12.2 Å². The average molecular weight is 249 g/mol. The van der Waals surface area contributed by atoms with Gasteiger partial charge in [-0.2, -0.15) is 0 Å². The van der Waals surface area contributed by atoms with Crippen LogP contribution >= 0.6 is 0 Å². The number of nitrogens with zero attached hydrogens (tertiary/aromatic N) is 2. The van der Waals surface area contributed by atoms with Crippen LogP contribution in [0.15, 0.2) is 43.6 Å². The minimum atomic E-state index is -0.342. The molecule has 1 rings (SSSR count). The predicted molar refractivity (Wildman–Crippen MR) is 72.6 cm³/mol. The highest BCUT2D eigenvalue weighted by atomic mass is 19.1. The summed E-state index contributed by atoms with van der Waals surface area (Å²) in [5.74, 6) is -0.342. The first-order valence-electron chi connectivity index (χ1n) is 5.98. The Kier molecular flexibility index (Phi) is 6.25. The number of halogens is 1. The molecule has 0 aliphatic heterocycles. The molecule has 1 unspecified atom stereocenters. The highest BCUT2D eigenvalue weighted by Crippen LogP contribution is 2.12. The molecule has 1 atom stereocenters. The van der Waals surface area contributed by atoms with Crippen LogP contribution < -0.4 is 5.73 Å². The summed E-state index contributed by atoms with van der Waals surface area (Å²) in [6.07, 6.45) is 5.66. The summed E-state index contributed by atoms with van der Waals surface area (Å²) < 4.78 is 12.7. The third kappa shape index (κ3) is 4.77. The fourth-order valence-electron chi connectivity index (χ4n) is 1.70. The number of hydrogen-bond donors (Lipinski definition) is 1. The summed E-state index contributed by atoms with van der Waals surface area (Å²) in [5, 5.41) is 0. The summed E-state index contributed by atoms with van der Waals surface area (Å²) in [7, 11) is 0. The molecule has 18 heavy (non-hydrogen) atoms. The minimum Gasteiger partial charge on any atom is -0.323 e. The van der Waals surface area contributed by atoms with Crippen molar-refractivity contribution in [3.8, 4) is 0 Å². The van der Waals surface area contributed by atoms with Gasteiger partial charge in [-0.1, -0.05) is 12.2 Å². The van der Waals surface area contributed by atoms with Gasteiger partial charge >= 0.3 is 0 Å². The Morgan fingerprint density at radius 3 is 2.50 bits per heavy atom. The second-order valence-corrected chi connectivity index (χ2v) is 4.13. The maximum Gasteiger partial charge on any atom is 0.141 e. The van der Waals surface area contributed by atoms with Gasteiger partial charge in [-0.05, 0) is 18.6 Å². The van der Waals surface area contributed by atoms with Crippen LogP contribution in [0, 0.1) is 5.82 Å². The molecule has 2 N–H and O–H groups in total. The summed E-state index contributed by atoms with van der Waals surface area (Å²) in [4.78, 5) is 6.17. The molecule has 0 saturated heterocycles. The van der Waals surface area contributed by atoms with E-state index in [0.717, 1.165) is 26.1 Å². The zero-order valence-electron chi connectivity index (χ0n) is 10.6. The molecule has 1 heterocycles. The Labute approximate surface area is 108 Å². The van der Waals surface area contributed by atoms with Crippen molar-refractivity contribution >= 4 is 0 Å². The molecule has 0 aliphatic rings. The molecule has 4 heteroatoms. The van der Waals surface area contributed by atoms with Gasteiger partial charge in [-0.3, -0.25) is 9.88 Å². The largest absolute Gasteiger partial charge is 0.323 e. The van der Waals surface area contributed by atoms with E-state index < -0.39 is 0 Å². The number of aromatic nitrogens is 1. The molecular formula is C14H20FN3. The van der Waals surface area contributed by atoms with Gasteiger partial charge in [0.25, 0.3) is 0 Å². The normalized spacial score (nSPS) is 12.4. The lowest BCUT2D eigenvalue weighted by atomic mass is 10.1. The molecule has 0 fully saturated rings. The van der Waals surface area contributed by atoms with E-state index in [1.165, 1.54) is 12.3 Å². The Morgan fingerprint density at radius 1 is 1.33 bits per heavy atom. The molecule has 0 bridgehead atoms. The van der Waals surface area contributed by atoms with E-state index in [2.05, 4.69) is 23.0 Å². The maximum absolute atomic E-state index is 12.7. The predicted octanol–water partition coefficient (Wildman–Crippen LogP) is 2.28. The van der Waals surface area contributed by atoms with Crippen LogP contribution in [0.5, 0.6) is 0 Å². The zero-order chi connectivity index (χ0) is 13.4. The van der Waals surface area contributed by atoms with Crippen molar-refractivity contribution in [1.29, 1.82) is 0 Å². The lowest BCUT2D eigenvalue weighted by Gasteiger charge is -2.20. The second-order valence-electron chi connectivity index (χ2n) is 4.13. The van der Waals surface area contributed by atoms with Crippen molar-refractivity contribution < 1.29 is 4.39 Å². The van der Waals surface area contributed by atoms with Gasteiger partial charge in [0, 0.05) is 25.7 Å². The maximum atomic E-state index is 12.7. The van der Waals surface area contributed by atoms with Crippen molar-refractivity contribution in [2.75, 3.05) is 19.6 Å². The SMILES string of the molecule is C=CCN(CC=C)CCC(N)c1ccc(F)cn1. The van der Waals surface area contributed by atoms with Gasteiger partial charge in [-0.25, -0.2) is 4.39 Å². The first-order chi connectivity index (χ1) is 8.67. The van der Waals surface area contributed by atoms with Crippen LogP contribution in [0.1, 0.15) is 18.2 Å². The lowest BCUT2D eigenvalue weighted by Crippen LogP contribution is -2.28. The van der Waals surface area contributed by atoms with E-state index in [9.17, 15) is 4.39 Å². The van der Waals surface area contributed by atoms with E-state index >= 15 is 0 Å². The molecule has 0 saturated carbocycles. The molecule has 0 spiro atoms. The van der Waals surface area contributed by atoms with Gasteiger partial charge in [0.2, 0.25) is 0 Å². The van der Waals surface area contributed by atoms with Crippen LogP contribution in [0.25, 0.3) is 0 Å². The second kappa shape index (κ2) is 7.74. The van der Waals surface area contributed by atoms with Crippen LogP contribution in [-0.2, 0) is 0 Å². The van der Waals surface area contributed by atoms with Gasteiger partial charge in [-0.15, -0.1) is 13.2 Å². The van der Waals surface area contributed by atoms with Crippen LogP contribution in [-0.4, -0.2) is 29.5 Å². The standard InChI is InChI=1S/C14H20FN3/c1-3-8-18(9-4-2)10-7-13(16)14-6-5-12(15)11-17-14/h3-6,11,13H,1-2,7-10,16H2. The van der Waals surface area contributed by atoms with Crippen LogP contribution in [0.2, 0.25) is 0 Å². The minimum absolute atomic E-state index is 0.178. The Morgan fingerprint density at radius 2 is 2.00 bits per heavy atom. The van der Waals surface area contributed by atoms with Crippen LogP contribution in [0.3, 0.4) is 0 Å². The first-order valence-corrected chi connectivity index (χ1v) is 5.98. The third-order valence-electron chi connectivity index (χ3n) is 2.66. The monoisotopic (exact) mass is 249 g/mol. The number of pyridine rings is 1. The van der Waals surface area contributed by atoms with Crippen molar-refractivity contribution in [3.05, 3.63) is 55.2 Å². The number of hydrogen-bond acceptors (Lipinski definition) is 3. The van der Waals surface area contributed by atoms with E-state index in [-0.39, 0.29) is 11.9 Å². The zero-order valence-corrected chi connectivity index (χ0v) is 10.6. The summed E-state index contributed by atoms with van der Waals surface area (Å²) in [5.41, 5.74) is 6.74. The van der Waals surface area contributed by atoms with E-state index in [4.69, 9.17) is 5.73 Å². The van der Waals surface area contributed by atoms with Gasteiger partial charge in [0.1, 0.15) is 5.82 Å². The van der Waals surface area contributed by atoms with E-state index in [1.54, 1.807) is 6.07 Å². The molecule has 0 aliphatic carbocycles. The summed E-state index contributed by atoms with van der Waals surface area (Å²) in [6.45, 7) is 9.87. The molecule has 0 radical (unpaired) electrons. The fourth-order valence-corrected chi connectivity index (χ4v) is 1.70. The quantitative estimate of drug-likeness (QED) is 0.719. The Hall–Kier alpha value is -1.52. The van der Waals surface area contributed by atoms with E-state index in [0.29, 0.717) is 5.69 Å². The van der Waals surface area contributed by atoms with Crippen LogP contribution in [0.4, 0.5) is 4.39 Å². The molecule has 1 aromatic heterocycles. The third-order valence-corrected chi connectivity index (χ3v) is 2.66. The van der Waals surface area contributed by atoms with Crippen molar-refractivity contribution in [1.82, 2.24) is 9.88 Å². The summed E-state index contributed by atoms with van der Waals surface area (Å²) >= 11 is 0. The smallest absolute Gasteiger partial charge is 0.141 e. The number of rotatable bonds is 8. The molecule has 98 valence electrons. The lowest BCUT2D eigenvalue weighted by molar-refractivity contribution is 0.318. The molecule has 0 aromatic carbocycles. The molecular weight excluding hydrogens is 229 g/mol. The highest BCUT2D eigenvalue weighted by Gasteiger charge is 2.09. The van der Waals surface area contributed by atoms with Gasteiger partial charge < -0.3 is 5.73 Å². The topological polar surface area (TPSA) is 42.1 Å². The summed E-state index contributed by atoms with van der Waals surface area (Å²) in [6, 6.07) is 2.83. The first kappa shape index (κ1) is 14.5. The highest BCUT2D eigenvalue weighted by molar-refractivity contribution is 5.09. The Bertz CT molecular complexity index is 365. The number of nitrogens with two attached hydrogens (primary N) is 1. The Balaban J connectivity index is 2.48. The van der Waals surface area contributed by atoms with Crippen molar-refractivity contribution in [3.63, 3.8) is 0 Å². The van der Waals surface area contributed by atoms with Gasteiger partial charge in [0.15, 0.2) is 0 Å². The van der Waals surface area contributed by atoms with Crippen molar-refractivity contribution in [2.45, 2.75) is 12.5 Å². The molecule has 0 amide bonds. The molecule has 1 aromatic rings. The van der Waals surface area contributed by atoms with Crippen molar-refractivity contribution in [2.24, 2.45) is 5.73 Å². The van der Waals surface area contributed by atoms with Gasteiger partial charge in [0.05, 0.1) is 11.9 Å². The molecule has 3 nitrogen and oxygen atoms in total.